The molecular formula is C26H16Cl4N2O6. The predicted molar refractivity (Wildman–Crippen MR) is 139 cm³/mol. The molecule has 0 N–H and O–H groups in total. The Bertz CT molecular complexity index is 1390. The van der Waals surface area contributed by atoms with E-state index in [1.807, 2.05) is 0 Å². The number of carbonyl (C=O) groups excluding carboxylic acids is 5. The molecule has 3 fully saturated rings. The molecule has 0 spiro atoms. The molecule has 7 rings (SSSR count). The summed E-state index contributed by atoms with van der Waals surface area (Å²) in [5.74, 6) is -9.10. The van der Waals surface area contributed by atoms with Gasteiger partial charge in [-0.05, 0) is 36.4 Å². The number of ether oxygens (including phenoxy) is 1. The van der Waals surface area contributed by atoms with Crippen molar-refractivity contribution in [2.75, 3.05) is 16.9 Å². The highest BCUT2D eigenvalue weighted by Gasteiger charge is 2.71. The van der Waals surface area contributed by atoms with Gasteiger partial charge < -0.3 is 4.74 Å². The van der Waals surface area contributed by atoms with Crippen molar-refractivity contribution < 1.29 is 28.7 Å². The molecule has 3 aliphatic carbocycles. The summed E-state index contributed by atoms with van der Waals surface area (Å²) >= 11 is 24.5. The highest BCUT2D eigenvalue weighted by molar-refractivity contribution is 6.37. The first-order chi connectivity index (χ1) is 18.0. The molecule has 12 heteroatoms. The lowest BCUT2D eigenvalue weighted by atomic mass is 9.52. The van der Waals surface area contributed by atoms with Crippen LogP contribution in [0, 0.1) is 35.5 Å². The molecule has 0 aromatic heterocycles. The van der Waals surface area contributed by atoms with E-state index in [4.69, 9.17) is 51.1 Å². The molecule has 8 nitrogen and oxygen atoms in total. The summed E-state index contributed by atoms with van der Waals surface area (Å²) in [5.41, 5.74) is 0.437. The highest BCUT2D eigenvalue weighted by Crippen LogP contribution is 2.61. The Hall–Kier alpha value is -2.91. The van der Waals surface area contributed by atoms with Crippen LogP contribution in [0.15, 0.2) is 48.0 Å². The second-order valence-electron chi connectivity index (χ2n) is 9.60. The zero-order valence-corrected chi connectivity index (χ0v) is 22.4. The second-order valence-corrected chi connectivity index (χ2v) is 11.3. The molecule has 38 heavy (non-hydrogen) atoms. The van der Waals surface area contributed by atoms with Crippen LogP contribution in [0.3, 0.4) is 0 Å². The number of methoxy groups -OCH3 is 1. The maximum Gasteiger partial charge on any atom is 0.333 e. The first kappa shape index (κ1) is 25.4. The Balaban J connectivity index is 1.48. The number of hydrogen-bond acceptors (Lipinski definition) is 6. The number of allylic oxidation sites excluding steroid dienone is 1. The van der Waals surface area contributed by atoms with Gasteiger partial charge in [-0.25, -0.2) is 14.6 Å². The maximum atomic E-state index is 13.8. The maximum absolute atomic E-state index is 13.8. The average molecular weight is 594 g/mol. The normalized spacial score (nSPS) is 29.6. The molecular weight excluding hydrogens is 578 g/mol. The number of imide groups is 2. The molecule has 2 bridgehead atoms. The Kier molecular flexibility index (Phi) is 5.88. The molecule has 0 radical (unpaired) electrons. The second kappa shape index (κ2) is 8.81. The van der Waals surface area contributed by atoms with Crippen molar-refractivity contribution in [1.29, 1.82) is 0 Å². The van der Waals surface area contributed by atoms with Gasteiger partial charge in [0.2, 0.25) is 23.6 Å². The minimum Gasteiger partial charge on any atom is -0.466 e. The lowest BCUT2D eigenvalue weighted by Gasteiger charge is -2.46. The molecule has 6 atom stereocenters. The number of halogens is 4. The van der Waals surface area contributed by atoms with Gasteiger partial charge in [0.15, 0.2) is 0 Å². The molecule has 2 heterocycles. The van der Waals surface area contributed by atoms with E-state index >= 15 is 0 Å². The summed E-state index contributed by atoms with van der Waals surface area (Å²) < 4.78 is 4.95. The van der Waals surface area contributed by atoms with Crippen molar-refractivity contribution >= 4 is 87.4 Å². The summed E-state index contributed by atoms with van der Waals surface area (Å²) in [6, 6.07) is 8.64. The van der Waals surface area contributed by atoms with Crippen molar-refractivity contribution in [3.05, 3.63) is 68.1 Å². The molecule has 2 aliphatic heterocycles. The number of nitrogens with zero attached hydrogens (tertiary/aromatic N) is 2. The fraction of sp³-hybridized carbons (Fsp3) is 0.269. The van der Waals surface area contributed by atoms with Crippen LogP contribution >= 0.6 is 46.4 Å². The predicted octanol–water partition coefficient (Wildman–Crippen LogP) is 4.57. The Morgan fingerprint density at radius 2 is 1.00 bits per heavy atom. The van der Waals surface area contributed by atoms with Crippen LogP contribution in [0.4, 0.5) is 11.4 Å². The van der Waals surface area contributed by atoms with E-state index in [2.05, 4.69) is 0 Å². The van der Waals surface area contributed by atoms with E-state index in [0.29, 0.717) is 0 Å². The quantitative estimate of drug-likeness (QED) is 0.382. The number of anilines is 2. The van der Waals surface area contributed by atoms with Crippen molar-refractivity contribution in [2.45, 2.75) is 0 Å². The van der Waals surface area contributed by atoms with Crippen LogP contribution in [-0.4, -0.2) is 36.7 Å². The van der Waals surface area contributed by atoms with E-state index < -0.39 is 65.1 Å². The van der Waals surface area contributed by atoms with E-state index in [1.165, 1.54) is 49.6 Å². The summed E-state index contributed by atoms with van der Waals surface area (Å²) in [7, 11) is 1.18. The lowest BCUT2D eigenvalue weighted by molar-refractivity contribution is -0.145. The summed E-state index contributed by atoms with van der Waals surface area (Å²) in [4.78, 5) is 69.9. The van der Waals surface area contributed by atoms with Gasteiger partial charge in [-0.15, -0.1) is 0 Å². The standard InChI is InChI=1S/C26H16Cl4N2O6/c1-38-26(37)16-8-15-18-20(24(35)31(22(18)33)13-4-9(27)2-10(28)5-13)17(16)21-19(15)23(34)32(25(21)36)14-6-11(29)3-12(30)7-14/h2-8,15,17-21H,1H3/t15?,17?,18-,19+,20-,21-/m1/s1. The smallest absolute Gasteiger partial charge is 0.333 e. The van der Waals surface area contributed by atoms with E-state index in [1.54, 1.807) is 0 Å². The molecule has 194 valence electrons. The van der Waals surface area contributed by atoms with Crippen molar-refractivity contribution in [1.82, 2.24) is 0 Å². The number of hydrogen-bond donors (Lipinski definition) is 0. The van der Waals surface area contributed by atoms with Gasteiger partial charge in [0.05, 0.1) is 42.2 Å². The van der Waals surface area contributed by atoms with Crippen LogP contribution in [-0.2, 0) is 28.7 Å². The zero-order chi connectivity index (χ0) is 27.2. The third kappa shape index (κ3) is 3.47. The number of amides is 4. The van der Waals surface area contributed by atoms with Gasteiger partial charge in [-0.1, -0.05) is 52.5 Å². The molecule has 2 saturated heterocycles. The van der Waals surface area contributed by atoms with Gasteiger partial charge in [-0.3, -0.25) is 19.2 Å². The minimum absolute atomic E-state index is 0.0965. The van der Waals surface area contributed by atoms with Crippen LogP contribution < -0.4 is 9.80 Å². The van der Waals surface area contributed by atoms with Gasteiger partial charge in [0, 0.05) is 37.5 Å². The van der Waals surface area contributed by atoms with Crippen LogP contribution in [0.2, 0.25) is 20.1 Å². The van der Waals surface area contributed by atoms with Crippen molar-refractivity contribution in [3.63, 3.8) is 0 Å². The fourth-order valence-corrected chi connectivity index (χ4v) is 7.55. The first-order valence-corrected chi connectivity index (χ1v) is 13.0. The largest absolute Gasteiger partial charge is 0.466 e. The summed E-state index contributed by atoms with van der Waals surface area (Å²) in [6.07, 6.45) is 1.51. The minimum atomic E-state index is -1.06. The molecule has 5 aliphatic rings. The Labute approximate surface area is 236 Å². The average Bonchev–Trinajstić information content (AvgIpc) is 3.28. The third-order valence-electron chi connectivity index (χ3n) is 7.76. The molecule has 2 aromatic rings. The zero-order valence-electron chi connectivity index (χ0n) is 19.4. The highest BCUT2D eigenvalue weighted by atomic mass is 35.5. The van der Waals surface area contributed by atoms with E-state index in [9.17, 15) is 24.0 Å². The van der Waals surface area contributed by atoms with Gasteiger partial charge >= 0.3 is 5.97 Å². The van der Waals surface area contributed by atoms with E-state index in [-0.39, 0.29) is 37.0 Å². The van der Waals surface area contributed by atoms with Crippen LogP contribution in [0.25, 0.3) is 0 Å². The van der Waals surface area contributed by atoms with Crippen molar-refractivity contribution in [3.8, 4) is 0 Å². The molecule has 1 saturated carbocycles. The number of benzene rings is 2. The van der Waals surface area contributed by atoms with E-state index in [0.717, 1.165) is 9.80 Å². The van der Waals surface area contributed by atoms with Gasteiger partial charge in [-0.2, -0.15) is 0 Å². The van der Waals surface area contributed by atoms with Crippen LogP contribution in [0.5, 0.6) is 0 Å². The number of rotatable bonds is 3. The Morgan fingerprint density at radius 1 is 0.632 bits per heavy atom. The van der Waals surface area contributed by atoms with Crippen molar-refractivity contribution in [2.24, 2.45) is 35.5 Å². The lowest BCUT2D eigenvalue weighted by Crippen LogP contribution is -2.53. The Morgan fingerprint density at radius 3 is 1.37 bits per heavy atom. The van der Waals surface area contributed by atoms with Gasteiger partial charge in [0.1, 0.15) is 0 Å². The third-order valence-corrected chi connectivity index (χ3v) is 8.64. The first-order valence-electron chi connectivity index (χ1n) is 11.5. The SMILES string of the molecule is COC(=O)C1=CC2[C@H]3C(=O)N(c4cc(Cl)cc(Cl)c4)C(=O)[C@@H]3C1[C@H]1C(=O)N(c3cc(Cl)cc(Cl)c3)C(=O)[C@@H]21. The summed E-state index contributed by atoms with van der Waals surface area (Å²) in [6.45, 7) is 0. The molecule has 2 unspecified atom stereocenters. The monoisotopic (exact) mass is 592 g/mol. The summed E-state index contributed by atoms with van der Waals surface area (Å²) in [5, 5.41) is 0.879. The number of carbonyl (C=O) groups is 5. The number of esters is 1. The van der Waals surface area contributed by atoms with Crippen LogP contribution in [0.1, 0.15) is 0 Å². The van der Waals surface area contributed by atoms with Gasteiger partial charge in [0.25, 0.3) is 0 Å². The fourth-order valence-electron chi connectivity index (χ4n) is 6.52. The molecule has 4 amide bonds. The topological polar surface area (TPSA) is 101 Å². The molecule has 2 aromatic carbocycles.